The molecule has 1 N–H and O–H groups in total. The van der Waals surface area contributed by atoms with Crippen molar-refractivity contribution >= 4 is 0 Å². The molecule has 1 atom stereocenters. The first-order valence-corrected chi connectivity index (χ1v) is 4.47. The normalized spacial score (nSPS) is 21.4. The molecule has 0 aromatic heterocycles. The van der Waals surface area contributed by atoms with E-state index in [2.05, 4.69) is 11.4 Å². The summed E-state index contributed by atoms with van der Waals surface area (Å²) in [6.07, 6.45) is 2.31. The number of hydrogen-bond acceptors (Lipinski definition) is 3. The molecule has 0 heterocycles. The van der Waals surface area contributed by atoms with Crippen LogP contribution in [0.2, 0.25) is 0 Å². The summed E-state index contributed by atoms with van der Waals surface area (Å²) in [6, 6.07) is 2.33. The van der Waals surface area contributed by atoms with Gasteiger partial charge in [-0.3, -0.25) is 0 Å². The molecule has 0 saturated heterocycles. The molecule has 0 aromatic carbocycles. The van der Waals surface area contributed by atoms with Crippen molar-refractivity contribution < 1.29 is 4.74 Å². The number of nitriles is 1. The lowest BCUT2D eigenvalue weighted by Crippen LogP contribution is -2.48. The van der Waals surface area contributed by atoms with Crippen molar-refractivity contribution in [3.05, 3.63) is 0 Å². The van der Waals surface area contributed by atoms with Gasteiger partial charge in [0.1, 0.15) is 5.54 Å². The Morgan fingerprint density at radius 1 is 1.67 bits per heavy atom. The maximum Gasteiger partial charge on any atom is 0.132 e. The number of nitrogens with zero attached hydrogens (tertiary/aromatic N) is 1. The molecule has 0 amide bonds. The average molecular weight is 168 g/mol. The predicted octanol–water partition coefficient (Wildman–Crippen LogP) is 0.915. The number of hydrogen-bond donors (Lipinski definition) is 1. The second-order valence-corrected chi connectivity index (χ2v) is 3.24. The van der Waals surface area contributed by atoms with E-state index in [0.29, 0.717) is 19.1 Å². The zero-order chi connectivity index (χ0) is 9.03. The van der Waals surface area contributed by atoms with Crippen molar-refractivity contribution in [2.45, 2.75) is 25.3 Å². The number of likely N-dealkylation sites (N-methyl/N-ethyl adjacent to an activating group) is 1. The molecule has 0 spiro atoms. The number of rotatable bonds is 5. The Morgan fingerprint density at radius 3 is 2.67 bits per heavy atom. The summed E-state index contributed by atoms with van der Waals surface area (Å²) < 4.78 is 5.30. The minimum Gasteiger partial charge on any atom is -0.379 e. The van der Waals surface area contributed by atoms with Crippen LogP contribution >= 0.6 is 0 Å². The molecule has 0 aliphatic heterocycles. The van der Waals surface area contributed by atoms with Gasteiger partial charge in [0.05, 0.1) is 12.7 Å². The fourth-order valence-electron chi connectivity index (χ4n) is 1.41. The first kappa shape index (κ1) is 9.50. The standard InChI is InChI=1S/C9H16N2O/c1-3-12-7-9(6-10,11-2)8-4-5-8/h8,11H,3-5,7H2,1-2H3. The summed E-state index contributed by atoms with van der Waals surface area (Å²) in [5.41, 5.74) is -0.421. The van der Waals surface area contributed by atoms with Crippen LogP contribution in [0.15, 0.2) is 0 Å². The van der Waals surface area contributed by atoms with E-state index >= 15 is 0 Å². The van der Waals surface area contributed by atoms with E-state index in [9.17, 15) is 0 Å². The van der Waals surface area contributed by atoms with E-state index in [1.54, 1.807) is 0 Å². The summed E-state index contributed by atoms with van der Waals surface area (Å²) in [5.74, 6) is 0.499. The van der Waals surface area contributed by atoms with Gasteiger partial charge in [0, 0.05) is 6.61 Å². The summed E-state index contributed by atoms with van der Waals surface area (Å²) in [4.78, 5) is 0. The molecule has 12 heavy (non-hydrogen) atoms. The van der Waals surface area contributed by atoms with Gasteiger partial charge < -0.3 is 10.1 Å². The highest BCUT2D eigenvalue weighted by atomic mass is 16.5. The van der Waals surface area contributed by atoms with E-state index in [1.165, 1.54) is 0 Å². The Kier molecular flexibility index (Phi) is 3.07. The maximum atomic E-state index is 9.02. The molecule has 1 unspecified atom stereocenters. The third kappa shape index (κ3) is 1.77. The van der Waals surface area contributed by atoms with E-state index in [0.717, 1.165) is 12.8 Å². The molecular formula is C9H16N2O. The van der Waals surface area contributed by atoms with Crippen molar-refractivity contribution in [2.75, 3.05) is 20.3 Å². The SMILES string of the molecule is CCOCC(C#N)(NC)C1CC1. The first-order valence-electron chi connectivity index (χ1n) is 4.47. The van der Waals surface area contributed by atoms with Crippen LogP contribution in [0.5, 0.6) is 0 Å². The second-order valence-electron chi connectivity index (χ2n) is 3.24. The number of ether oxygens (including phenoxy) is 1. The van der Waals surface area contributed by atoms with E-state index in [-0.39, 0.29) is 0 Å². The molecule has 68 valence electrons. The zero-order valence-corrected chi connectivity index (χ0v) is 7.76. The molecular weight excluding hydrogens is 152 g/mol. The van der Waals surface area contributed by atoms with Gasteiger partial charge >= 0.3 is 0 Å². The van der Waals surface area contributed by atoms with Crippen LogP contribution in [0, 0.1) is 17.2 Å². The van der Waals surface area contributed by atoms with Crippen LogP contribution in [0.4, 0.5) is 0 Å². The van der Waals surface area contributed by atoms with Crippen LogP contribution < -0.4 is 5.32 Å². The van der Waals surface area contributed by atoms with Crippen LogP contribution in [0.3, 0.4) is 0 Å². The van der Waals surface area contributed by atoms with Crippen molar-refractivity contribution in [1.29, 1.82) is 5.26 Å². The monoisotopic (exact) mass is 168 g/mol. The van der Waals surface area contributed by atoms with Gasteiger partial charge in [0.15, 0.2) is 0 Å². The Hall–Kier alpha value is -0.590. The Labute approximate surface area is 73.7 Å². The van der Waals surface area contributed by atoms with Gasteiger partial charge in [0.2, 0.25) is 0 Å². The minimum atomic E-state index is -0.421. The van der Waals surface area contributed by atoms with E-state index in [1.807, 2.05) is 14.0 Å². The third-order valence-electron chi connectivity index (χ3n) is 2.45. The van der Waals surface area contributed by atoms with Crippen LogP contribution in [0.25, 0.3) is 0 Å². The van der Waals surface area contributed by atoms with Crippen LogP contribution in [0.1, 0.15) is 19.8 Å². The topological polar surface area (TPSA) is 45.0 Å². The van der Waals surface area contributed by atoms with Crippen molar-refractivity contribution in [3.63, 3.8) is 0 Å². The minimum absolute atomic E-state index is 0.421. The van der Waals surface area contributed by atoms with Crippen LogP contribution in [-0.4, -0.2) is 25.8 Å². The van der Waals surface area contributed by atoms with Crippen molar-refractivity contribution in [2.24, 2.45) is 5.92 Å². The van der Waals surface area contributed by atoms with Crippen LogP contribution in [-0.2, 0) is 4.74 Å². The van der Waals surface area contributed by atoms with Gasteiger partial charge in [-0.05, 0) is 32.7 Å². The molecule has 1 rings (SSSR count). The van der Waals surface area contributed by atoms with Gasteiger partial charge in [-0.15, -0.1) is 0 Å². The molecule has 0 bridgehead atoms. The molecule has 1 aliphatic rings. The Bertz CT molecular complexity index is 183. The third-order valence-corrected chi connectivity index (χ3v) is 2.45. The van der Waals surface area contributed by atoms with Gasteiger partial charge in [-0.1, -0.05) is 0 Å². The predicted molar refractivity (Wildman–Crippen MR) is 46.6 cm³/mol. The molecule has 3 heteroatoms. The second kappa shape index (κ2) is 3.88. The van der Waals surface area contributed by atoms with Gasteiger partial charge in [-0.2, -0.15) is 5.26 Å². The lowest BCUT2D eigenvalue weighted by Gasteiger charge is -2.25. The highest BCUT2D eigenvalue weighted by molar-refractivity contribution is 5.14. The zero-order valence-electron chi connectivity index (χ0n) is 7.76. The molecule has 0 aromatic rings. The first-order chi connectivity index (χ1) is 5.79. The highest BCUT2D eigenvalue weighted by Gasteiger charge is 2.44. The van der Waals surface area contributed by atoms with E-state index in [4.69, 9.17) is 10.00 Å². The Morgan fingerprint density at radius 2 is 2.33 bits per heavy atom. The smallest absolute Gasteiger partial charge is 0.132 e. The molecule has 0 radical (unpaired) electrons. The highest BCUT2D eigenvalue weighted by Crippen LogP contribution is 2.39. The molecule has 3 nitrogen and oxygen atoms in total. The van der Waals surface area contributed by atoms with Gasteiger partial charge in [-0.25, -0.2) is 0 Å². The molecule has 1 fully saturated rings. The van der Waals surface area contributed by atoms with Crippen molar-refractivity contribution in [3.8, 4) is 6.07 Å². The average Bonchev–Trinajstić information content (AvgIpc) is 2.91. The maximum absolute atomic E-state index is 9.02. The number of nitrogens with one attached hydrogen (secondary N) is 1. The van der Waals surface area contributed by atoms with E-state index < -0.39 is 5.54 Å². The lowest BCUT2D eigenvalue weighted by atomic mass is 9.97. The fourth-order valence-corrected chi connectivity index (χ4v) is 1.41. The quantitative estimate of drug-likeness (QED) is 0.663. The molecule has 1 aliphatic carbocycles. The van der Waals surface area contributed by atoms with Gasteiger partial charge in [0.25, 0.3) is 0 Å². The summed E-state index contributed by atoms with van der Waals surface area (Å²) in [6.45, 7) is 3.14. The largest absolute Gasteiger partial charge is 0.379 e. The Balaban J connectivity index is 2.51. The molecule has 1 saturated carbocycles. The fraction of sp³-hybridized carbons (Fsp3) is 0.889. The summed E-state index contributed by atoms with van der Waals surface area (Å²) in [7, 11) is 1.83. The lowest BCUT2D eigenvalue weighted by molar-refractivity contribution is 0.0936. The van der Waals surface area contributed by atoms with Crippen molar-refractivity contribution in [1.82, 2.24) is 5.32 Å². The summed E-state index contributed by atoms with van der Waals surface area (Å²) >= 11 is 0. The summed E-state index contributed by atoms with van der Waals surface area (Å²) in [5, 5.41) is 12.1.